The number of alkyl carbamates (subject to hydrolysis) is 1. The molecular weight excluding hydrogens is 620 g/mol. The van der Waals surface area contributed by atoms with Gasteiger partial charge >= 0.3 is 18.1 Å². The summed E-state index contributed by atoms with van der Waals surface area (Å²) in [5.41, 5.74) is 0.0930. The van der Waals surface area contributed by atoms with Crippen molar-refractivity contribution in [2.24, 2.45) is 11.3 Å². The van der Waals surface area contributed by atoms with Crippen LogP contribution in [0.1, 0.15) is 56.3 Å². The van der Waals surface area contributed by atoms with Crippen molar-refractivity contribution in [3.8, 4) is 0 Å². The van der Waals surface area contributed by atoms with Gasteiger partial charge in [0, 0.05) is 37.7 Å². The molecule has 7 atom stereocenters. The molecule has 1 saturated carbocycles. The summed E-state index contributed by atoms with van der Waals surface area (Å²) < 4.78 is 5.57. The molecule has 0 radical (unpaired) electrons. The quantitative estimate of drug-likeness (QED) is 0.205. The number of rotatable bonds is 10. The fourth-order valence-electron chi connectivity index (χ4n) is 6.41. The summed E-state index contributed by atoms with van der Waals surface area (Å²) in [5, 5.41) is 31.4. The number of carbonyl (C=O) groups excluding carboxylic acids is 4. The molecule has 0 bridgehead atoms. The zero-order valence-electron chi connectivity index (χ0n) is 27.1. The van der Waals surface area contributed by atoms with E-state index in [2.05, 4.69) is 32.8 Å². The highest BCUT2D eigenvalue weighted by atomic mass is 16.6. The van der Waals surface area contributed by atoms with E-state index in [4.69, 9.17) is 4.74 Å². The van der Waals surface area contributed by atoms with Crippen molar-refractivity contribution in [2.45, 2.75) is 82.5 Å². The van der Waals surface area contributed by atoms with E-state index in [9.17, 15) is 34.2 Å². The minimum absolute atomic E-state index is 0.106. The van der Waals surface area contributed by atoms with Crippen LogP contribution < -0.4 is 21.3 Å². The van der Waals surface area contributed by atoms with Gasteiger partial charge in [-0.3, -0.25) is 14.6 Å². The van der Waals surface area contributed by atoms with E-state index in [1.54, 1.807) is 45.3 Å². The lowest BCUT2D eigenvalue weighted by molar-refractivity contribution is -0.144. The Morgan fingerprint density at radius 3 is 2.56 bits per heavy atom. The topological polar surface area (TPSA) is 199 Å². The van der Waals surface area contributed by atoms with Gasteiger partial charge in [0.25, 0.3) is 0 Å². The number of carbonyl (C=O) groups is 5. The van der Waals surface area contributed by atoms with E-state index in [0.717, 1.165) is 21.6 Å². The Balaban J connectivity index is 1.31. The Kier molecular flexibility index (Phi) is 9.76. The number of hydrogen-bond acceptors (Lipinski definition) is 8. The monoisotopic (exact) mass is 662 g/mol. The van der Waals surface area contributed by atoms with Gasteiger partial charge in [-0.15, -0.1) is 6.58 Å². The number of urea groups is 1. The smallest absolute Gasteiger partial charge is 0.407 e. The summed E-state index contributed by atoms with van der Waals surface area (Å²) in [6.07, 6.45) is 2.53. The number of nitrogens with zero attached hydrogens (tertiary/aromatic N) is 2. The first-order valence-corrected chi connectivity index (χ1v) is 15.9. The van der Waals surface area contributed by atoms with Gasteiger partial charge < -0.3 is 41.1 Å². The van der Waals surface area contributed by atoms with Gasteiger partial charge in [-0.1, -0.05) is 57.2 Å². The first kappa shape index (κ1) is 34.4. The van der Waals surface area contributed by atoms with Gasteiger partial charge in [0.1, 0.15) is 23.7 Å². The lowest BCUT2D eigenvalue weighted by Gasteiger charge is -2.34. The maximum atomic E-state index is 13.9. The lowest BCUT2D eigenvalue weighted by atomic mass is 9.86. The standard InChI is InChI=1S/C34H42N6O8/c1-5-21-15-34(21,30(44)45)39-28(42)24-14-22(48-32(47)36-17-19-9-8-12-35-16-19)18-40(24)31(46)38-27(33(2,3)4)29(43)37-26-23-11-7-6-10-20(23)13-25(26)41/h5-12,16,21-22,24-27,41H,1,13-15,17-18H2,2-4H3,(H,36,47)(H,37,43)(H,38,46)(H,39,42)(H,44,45)/t21-,22-,24+,25-,26+,27?,34-/m1/s1. The normalized spacial score (nSPS) is 26.4. The average Bonchev–Trinajstić information content (AvgIpc) is 3.45. The van der Waals surface area contributed by atoms with Gasteiger partial charge in [0.2, 0.25) is 11.8 Å². The van der Waals surface area contributed by atoms with Crippen molar-refractivity contribution in [3.63, 3.8) is 0 Å². The fraction of sp³-hybridized carbons (Fsp3) is 0.471. The van der Waals surface area contributed by atoms with Crippen LogP contribution in [0.2, 0.25) is 0 Å². The Labute approximate surface area is 278 Å². The summed E-state index contributed by atoms with van der Waals surface area (Å²) in [6.45, 7) is 8.89. The lowest BCUT2D eigenvalue weighted by Crippen LogP contribution is -2.60. The number of hydrogen-bond donors (Lipinski definition) is 6. The van der Waals surface area contributed by atoms with Crippen LogP contribution in [-0.2, 0) is 32.1 Å². The van der Waals surface area contributed by atoms with Gasteiger partial charge in [0.05, 0.1) is 18.7 Å². The number of carboxylic acids is 1. The van der Waals surface area contributed by atoms with Crippen LogP contribution >= 0.6 is 0 Å². The number of aliphatic hydroxyl groups is 1. The van der Waals surface area contributed by atoms with Gasteiger partial charge in [0.15, 0.2) is 0 Å². The Bertz CT molecular complexity index is 1580. The molecule has 5 amide bonds. The van der Waals surface area contributed by atoms with Crippen molar-refractivity contribution < 1.29 is 38.9 Å². The second-order valence-corrected chi connectivity index (χ2v) is 13.7. The molecule has 14 heteroatoms. The highest BCUT2D eigenvalue weighted by molar-refractivity contribution is 5.95. The molecule has 2 aliphatic carbocycles. The number of aliphatic carboxylic acids is 1. The highest BCUT2D eigenvalue weighted by Crippen LogP contribution is 2.45. The summed E-state index contributed by atoms with van der Waals surface area (Å²) in [5.74, 6) is -2.98. The summed E-state index contributed by atoms with van der Waals surface area (Å²) in [6, 6.07) is 7.13. The molecule has 2 fully saturated rings. The Morgan fingerprint density at radius 2 is 1.92 bits per heavy atom. The van der Waals surface area contributed by atoms with Crippen LogP contribution in [0, 0.1) is 11.3 Å². The molecule has 3 aliphatic rings. The Hall–Kier alpha value is -4.98. The van der Waals surface area contributed by atoms with Crippen LogP contribution in [0.5, 0.6) is 0 Å². The van der Waals surface area contributed by atoms with Crippen molar-refractivity contribution in [2.75, 3.05) is 6.54 Å². The van der Waals surface area contributed by atoms with E-state index >= 15 is 0 Å². The first-order chi connectivity index (χ1) is 22.7. The number of benzene rings is 1. The maximum absolute atomic E-state index is 13.9. The zero-order valence-corrected chi connectivity index (χ0v) is 27.1. The largest absolute Gasteiger partial charge is 0.479 e. The predicted molar refractivity (Wildman–Crippen MR) is 172 cm³/mol. The molecule has 5 rings (SSSR count). The van der Waals surface area contributed by atoms with Gasteiger partial charge in [-0.05, 0) is 34.6 Å². The molecule has 1 unspecified atom stereocenters. The maximum Gasteiger partial charge on any atom is 0.407 e. The summed E-state index contributed by atoms with van der Waals surface area (Å²) in [4.78, 5) is 71.2. The molecular formula is C34H42N6O8. The molecule has 1 saturated heterocycles. The van der Waals surface area contributed by atoms with Crippen molar-refractivity contribution in [1.29, 1.82) is 0 Å². The number of nitrogens with one attached hydrogen (secondary N) is 4. The molecule has 1 aliphatic heterocycles. The number of ether oxygens (including phenoxy) is 1. The number of pyridine rings is 1. The second-order valence-electron chi connectivity index (χ2n) is 13.7. The third kappa shape index (κ3) is 7.28. The molecule has 1 aromatic heterocycles. The SMILES string of the molecule is C=C[C@@H]1C[C@]1(NC(=O)[C@@H]1C[C@@H](OC(=O)NCc2cccnc2)CN1C(=O)NC(C(=O)N[C@H]1c2ccccc2C[C@H]1O)C(C)(C)C)C(=O)O. The van der Waals surface area contributed by atoms with Crippen molar-refractivity contribution in [1.82, 2.24) is 31.2 Å². The third-order valence-electron chi connectivity index (χ3n) is 9.18. The molecule has 6 N–H and O–H groups in total. The number of likely N-dealkylation sites (tertiary alicyclic amines) is 1. The third-order valence-corrected chi connectivity index (χ3v) is 9.18. The molecule has 256 valence electrons. The van der Waals surface area contributed by atoms with E-state index in [1.807, 2.05) is 24.3 Å². The van der Waals surface area contributed by atoms with Gasteiger partial charge in [-0.2, -0.15) is 0 Å². The number of fused-ring (bicyclic) bond motifs is 1. The fourth-order valence-corrected chi connectivity index (χ4v) is 6.41. The van der Waals surface area contributed by atoms with Crippen LogP contribution in [0.25, 0.3) is 0 Å². The highest BCUT2D eigenvalue weighted by Gasteiger charge is 2.61. The Morgan fingerprint density at radius 1 is 1.17 bits per heavy atom. The van der Waals surface area contributed by atoms with E-state index in [1.165, 1.54) is 6.08 Å². The van der Waals surface area contributed by atoms with Crippen LogP contribution in [0.15, 0.2) is 61.4 Å². The van der Waals surface area contributed by atoms with Crippen LogP contribution in [0.3, 0.4) is 0 Å². The molecule has 2 aromatic rings. The van der Waals surface area contributed by atoms with E-state index in [-0.39, 0.29) is 25.9 Å². The molecule has 48 heavy (non-hydrogen) atoms. The first-order valence-electron chi connectivity index (χ1n) is 15.9. The number of carboxylic acid groups (broad SMARTS) is 1. The molecule has 1 aromatic carbocycles. The molecule has 14 nitrogen and oxygen atoms in total. The van der Waals surface area contributed by atoms with Crippen LogP contribution in [0.4, 0.5) is 9.59 Å². The molecule has 2 heterocycles. The minimum atomic E-state index is -1.55. The van der Waals surface area contributed by atoms with Crippen molar-refractivity contribution >= 4 is 29.9 Å². The summed E-state index contributed by atoms with van der Waals surface area (Å²) >= 11 is 0. The zero-order chi connectivity index (χ0) is 34.8. The molecule has 0 spiro atoms. The average molecular weight is 663 g/mol. The minimum Gasteiger partial charge on any atom is -0.479 e. The second kappa shape index (κ2) is 13.6. The predicted octanol–water partition coefficient (Wildman–Crippen LogP) is 1.80. The van der Waals surface area contributed by atoms with Crippen molar-refractivity contribution in [3.05, 3.63) is 78.1 Å². The van der Waals surface area contributed by atoms with E-state index < -0.39 is 77.1 Å². The number of aliphatic hydroxyl groups excluding tert-OH is 1. The summed E-state index contributed by atoms with van der Waals surface area (Å²) in [7, 11) is 0. The van der Waals surface area contributed by atoms with Crippen LogP contribution in [-0.4, -0.2) is 86.4 Å². The van der Waals surface area contributed by atoms with Gasteiger partial charge in [-0.25, -0.2) is 14.4 Å². The van der Waals surface area contributed by atoms with E-state index in [0.29, 0.717) is 6.42 Å². The number of amides is 5. The number of aromatic nitrogens is 1.